The Morgan fingerprint density at radius 3 is 2.95 bits per heavy atom. The molecular formula is C14H19ClN2OS2. The van der Waals surface area contributed by atoms with E-state index in [1.807, 2.05) is 35.7 Å². The van der Waals surface area contributed by atoms with Gasteiger partial charge in [-0.2, -0.15) is 23.5 Å². The van der Waals surface area contributed by atoms with Crippen molar-refractivity contribution >= 4 is 41.8 Å². The van der Waals surface area contributed by atoms with Crippen molar-refractivity contribution in [2.75, 3.05) is 23.8 Å². The first-order valence-electron chi connectivity index (χ1n) is 6.63. The average Bonchev–Trinajstić information content (AvgIpc) is 2.93. The highest BCUT2D eigenvalue weighted by Gasteiger charge is 2.17. The van der Waals surface area contributed by atoms with Crippen molar-refractivity contribution in [3.05, 3.63) is 34.9 Å². The van der Waals surface area contributed by atoms with Crippen LogP contribution in [-0.4, -0.2) is 35.0 Å². The summed E-state index contributed by atoms with van der Waals surface area (Å²) in [6.07, 6.45) is 0. The topological polar surface area (TPSA) is 41.1 Å². The lowest BCUT2D eigenvalue weighted by Crippen LogP contribution is -2.33. The monoisotopic (exact) mass is 330 g/mol. The lowest BCUT2D eigenvalue weighted by Gasteiger charge is -2.21. The number of halogens is 1. The minimum atomic E-state index is 0. The molecule has 3 nitrogen and oxygen atoms in total. The van der Waals surface area contributed by atoms with Crippen molar-refractivity contribution in [1.29, 1.82) is 0 Å². The maximum Gasteiger partial charge on any atom is 0.251 e. The summed E-state index contributed by atoms with van der Waals surface area (Å²) < 4.78 is 0. The zero-order valence-electron chi connectivity index (χ0n) is 11.2. The van der Waals surface area contributed by atoms with Gasteiger partial charge in [-0.25, -0.2) is 0 Å². The standard InChI is InChI=1S/C14H18N2OS2.ClH/c17-14(16-8-13-9-18-3-4-19-13)10-1-2-11-6-15-7-12(11)5-10;/h1-2,5,13,15H,3-4,6-9H2,(H,16,17);1H. The summed E-state index contributed by atoms with van der Waals surface area (Å²) in [4.78, 5) is 12.1. The highest BCUT2D eigenvalue weighted by atomic mass is 35.5. The third kappa shape index (κ3) is 3.85. The minimum Gasteiger partial charge on any atom is -0.351 e. The third-order valence-electron chi connectivity index (χ3n) is 3.47. The molecule has 2 heterocycles. The van der Waals surface area contributed by atoms with Gasteiger partial charge in [-0.05, 0) is 23.3 Å². The van der Waals surface area contributed by atoms with Crippen molar-refractivity contribution in [3.8, 4) is 0 Å². The first-order chi connectivity index (χ1) is 9.33. The smallest absolute Gasteiger partial charge is 0.251 e. The quantitative estimate of drug-likeness (QED) is 0.892. The van der Waals surface area contributed by atoms with E-state index in [1.54, 1.807) is 0 Å². The van der Waals surface area contributed by atoms with Crippen LogP contribution >= 0.6 is 35.9 Å². The Hall–Kier alpha value is -0.360. The molecule has 2 N–H and O–H groups in total. The predicted octanol–water partition coefficient (Wildman–Crippen LogP) is 2.29. The second kappa shape index (κ2) is 7.59. The second-order valence-electron chi connectivity index (χ2n) is 4.86. The molecule has 0 aromatic heterocycles. The van der Waals surface area contributed by atoms with Crippen LogP contribution in [0.4, 0.5) is 0 Å². The van der Waals surface area contributed by atoms with Gasteiger partial charge in [0.15, 0.2) is 0 Å². The van der Waals surface area contributed by atoms with Crippen molar-refractivity contribution in [2.24, 2.45) is 0 Å². The molecule has 20 heavy (non-hydrogen) atoms. The second-order valence-corrected chi connectivity index (χ2v) is 7.42. The lowest BCUT2D eigenvalue weighted by atomic mass is 10.1. The number of benzene rings is 1. The maximum atomic E-state index is 12.1. The lowest BCUT2D eigenvalue weighted by molar-refractivity contribution is 0.0954. The van der Waals surface area contributed by atoms with E-state index >= 15 is 0 Å². The molecule has 2 aliphatic rings. The van der Waals surface area contributed by atoms with E-state index < -0.39 is 0 Å². The molecule has 6 heteroatoms. The van der Waals surface area contributed by atoms with E-state index in [-0.39, 0.29) is 18.3 Å². The molecular weight excluding hydrogens is 312 g/mol. The molecule has 0 spiro atoms. The Labute approximate surface area is 134 Å². The highest BCUT2D eigenvalue weighted by Crippen LogP contribution is 2.23. The molecule has 3 rings (SSSR count). The maximum absolute atomic E-state index is 12.1. The molecule has 1 atom stereocenters. The van der Waals surface area contributed by atoms with Crippen molar-refractivity contribution in [3.63, 3.8) is 0 Å². The van der Waals surface area contributed by atoms with E-state index in [9.17, 15) is 4.79 Å². The van der Waals surface area contributed by atoms with Crippen LogP contribution in [0, 0.1) is 0 Å². The number of hydrogen-bond acceptors (Lipinski definition) is 4. The number of rotatable bonds is 3. The van der Waals surface area contributed by atoms with Gasteiger partial charge in [-0.1, -0.05) is 6.07 Å². The molecule has 1 amide bonds. The summed E-state index contributed by atoms with van der Waals surface area (Å²) in [5.41, 5.74) is 3.36. The largest absolute Gasteiger partial charge is 0.351 e. The summed E-state index contributed by atoms with van der Waals surface area (Å²) in [6, 6.07) is 6.02. The Morgan fingerprint density at radius 2 is 2.15 bits per heavy atom. The van der Waals surface area contributed by atoms with Crippen LogP contribution in [0.5, 0.6) is 0 Å². The third-order valence-corrected chi connectivity index (χ3v) is 6.32. The van der Waals surface area contributed by atoms with Crippen LogP contribution in [0.15, 0.2) is 18.2 Å². The fourth-order valence-electron chi connectivity index (χ4n) is 2.40. The van der Waals surface area contributed by atoms with Crippen LogP contribution in [0.1, 0.15) is 21.5 Å². The van der Waals surface area contributed by atoms with Crippen LogP contribution in [0.2, 0.25) is 0 Å². The number of carbonyl (C=O) groups excluding carboxylic acids is 1. The van der Waals surface area contributed by atoms with Crippen LogP contribution < -0.4 is 10.6 Å². The first kappa shape index (κ1) is 16.0. The van der Waals surface area contributed by atoms with Gasteiger partial charge in [0.05, 0.1) is 0 Å². The molecule has 1 unspecified atom stereocenters. The van der Waals surface area contributed by atoms with Gasteiger partial charge in [-0.3, -0.25) is 4.79 Å². The van der Waals surface area contributed by atoms with Gasteiger partial charge in [-0.15, -0.1) is 12.4 Å². The SMILES string of the molecule is Cl.O=C(NCC1CSCCS1)c1ccc2c(c1)CNC2. The van der Waals surface area contributed by atoms with E-state index in [1.165, 1.54) is 22.6 Å². The van der Waals surface area contributed by atoms with E-state index in [2.05, 4.69) is 16.7 Å². The Balaban J connectivity index is 0.00000147. The predicted molar refractivity (Wildman–Crippen MR) is 90.1 cm³/mol. The average molecular weight is 331 g/mol. The number of hydrogen-bond donors (Lipinski definition) is 2. The van der Waals surface area contributed by atoms with Crippen molar-refractivity contribution in [2.45, 2.75) is 18.3 Å². The van der Waals surface area contributed by atoms with Gasteiger partial charge in [0, 0.05) is 47.7 Å². The minimum absolute atomic E-state index is 0. The molecule has 2 aliphatic heterocycles. The number of nitrogens with one attached hydrogen (secondary N) is 2. The van der Waals surface area contributed by atoms with Gasteiger partial charge < -0.3 is 10.6 Å². The van der Waals surface area contributed by atoms with Crippen molar-refractivity contribution < 1.29 is 4.79 Å². The summed E-state index contributed by atoms with van der Waals surface area (Å²) in [6.45, 7) is 2.59. The number of thioether (sulfide) groups is 2. The molecule has 110 valence electrons. The van der Waals surface area contributed by atoms with Crippen molar-refractivity contribution in [1.82, 2.24) is 10.6 Å². The molecule has 1 aromatic carbocycles. The van der Waals surface area contributed by atoms with E-state index in [0.29, 0.717) is 5.25 Å². The van der Waals surface area contributed by atoms with Crippen LogP contribution in [0.25, 0.3) is 0 Å². The fraction of sp³-hybridized carbons (Fsp3) is 0.500. The zero-order valence-corrected chi connectivity index (χ0v) is 13.6. The molecule has 1 aromatic rings. The molecule has 0 bridgehead atoms. The summed E-state index contributed by atoms with van der Waals surface area (Å²) in [5.74, 6) is 3.66. The molecule has 0 radical (unpaired) electrons. The van der Waals surface area contributed by atoms with Crippen LogP contribution in [-0.2, 0) is 13.1 Å². The molecule has 1 saturated heterocycles. The normalized spacial score (nSPS) is 20.9. The Morgan fingerprint density at radius 1 is 1.30 bits per heavy atom. The Bertz CT molecular complexity index is 478. The summed E-state index contributed by atoms with van der Waals surface area (Å²) in [7, 11) is 0. The number of carbonyl (C=O) groups is 1. The fourth-order valence-corrected chi connectivity index (χ4v) is 5.01. The molecule has 1 fully saturated rings. The van der Waals surface area contributed by atoms with Crippen LogP contribution in [0.3, 0.4) is 0 Å². The zero-order chi connectivity index (χ0) is 13.1. The van der Waals surface area contributed by atoms with Gasteiger partial charge >= 0.3 is 0 Å². The van der Waals surface area contributed by atoms with E-state index in [0.717, 1.165) is 31.0 Å². The number of amides is 1. The molecule has 0 aliphatic carbocycles. The Kier molecular flexibility index (Phi) is 6.08. The van der Waals surface area contributed by atoms with Gasteiger partial charge in [0.2, 0.25) is 0 Å². The number of fused-ring (bicyclic) bond motifs is 1. The van der Waals surface area contributed by atoms with Gasteiger partial charge in [0.1, 0.15) is 0 Å². The molecule has 0 saturated carbocycles. The first-order valence-corrected chi connectivity index (χ1v) is 8.83. The summed E-state index contributed by atoms with van der Waals surface area (Å²) in [5, 5.41) is 6.93. The van der Waals surface area contributed by atoms with E-state index in [4.69, 9.17) is 0 Å². The van der Waals surface area contributed by atoms with Gasteiger partial charge in [0.25, 0.3) is 5.91 Å². The summed E-state index contributed by atoms with van der Waals surface area (Å²) >= 11 is 3.96. The highest BCUT2D eigenvalue weighted by molar-refractivity contribution is 8.06.